The molecule has 0 spiro atoms. The monoisotopic (exact) mass is 1200 g/mol. The Bertz CT molecular complexity index is 1090. The van der Waals surface area contributed by atoms with E-state index in [-0.39, 0.29) is 30.9 Å². The third kappa shape index (κ3) is 32.1. The zero-order chi connectivity index (χ0) is 52.4. The molecule has 0 saturated heterocycles. The lowest BCUT2D eigenvalue weighted by atomic mass is 9.71. The van der Waals surface area contributed by atoms with E-state index in [4.69, 9.17) is 45.5 Å². The molecule has 0 aromatic rings. The molecule has 20 heteroatoms. The van der Waals surface area contributed by atoms with Crippen molar-refractivity contribution in [2.24, 2.45) is 35.5 Å². The van der Waals surface area contributed by atoms with E-state index in [1.165, 1.54) is 112 Å². The first-order valence-corrected chi connectivity index (χ1v) is 44.2. The molecule has 2 rings (SSSR count). The SMILES string of the molecule is CCOC(OCC)[SiH2]CCC1CCC(CCSSCCC2CCC(CC[SiH2]C(OCC)OCC)CC2CCSSCCC[Si](OCC)(OCC)OCC)C(CCSSCCC[Si](OCC)(OCC)OCC)C1. The summed E-state index contributed by atoms with van der Waals surface area (Å²) in [4.78, 5) is 0. The first-order chi connectivity index (χ1) is 35.2. The molecule has 0 aromatic heterocycles. The average Bonchev–Trinajstić information content (AvgIpc) is 3.36. The molecule has 2 fully saturated rings. The summed E-state index contributed by atoms with van der Waals surface area (Å²) in [6.45, 7) is 27.6. The third-order valence-corrected chi connectivity index (χ3v) is 31.5. The van der Waals surface area contributed by atoms with Crippen LogP contribution in [-0.2, 0) is 45.5 Å². The molecule has 0 heterocycles. The lowest BCUT2D eigenvalue weighted by Gasteiger charge is -2.37. The Morgan fingerprint density at radius 1 is 0.361 bits per heavy atom. The van der Waals surface area contributed by atoms with Crippen molar-refractivity contribution in [3.63, 3.8) is 0 Å². The van der Waals surface area contributed by atoms with Crippen LogP contribution in [0.2, 0.25) is 24.2 Å². The van der Waals surface area contributed by atoms with Crippen LogP contribution < -0.4 is 0 Å². The quantitative estimate of drug-likeness (QED) is 0.0250. The molecular formula is C52H110O10S6Si4. The van der Waals surface area contributed by atoms with Crippen LogP contribution >= 0.6 is 64.8 Å². The molecule has 6 unspecified atom stereocenters. The van der Waals surface area contributed by atoms with Crippen molar-refractivity contribution in [3.8, 4) is 0 Å². The fraction of sp³-hybridized carbons (Fsp3) is 1.00. The Morgan fingerprint density at radius 2 is 0.653 bits per heavy atom. The predicted molar refractivity (Wildman–Crippen MR) is 332 cm³/mol. The summed E-state index contributed by atoms with van der Waals surface area (Å²) in [5.41, 5.74) is 0. The van der Waals surface area contributed by atoms with Gasteiger partial charge in [-0.3, -0.25) is 0 Å². The molecule has 0 bridgehead atoms. The Labute approximate surface area is 474 Å². The standard InChI is InChI=1S/C52H110O10S6Si4/c1-11-53-51(54-12-2)69-39-31-45-23-25-47(49(43-45)29-37-65-63-33-21-41-71(57-15-5,58-16-6)59-17-7)27-35-67-68-36-28-48-26-24-46(32-40-70-52(55-13-3)56-14-4)44-50(48)30-38-66-64-34-22-42-72(60-18-8,61-19-9)62-20-10/h45-52H,11-44,69-70H2,1-10H3. The second-order valence-corrected chi connectivity index (χ2v) is 36.7. The zero-order valence-electron chi connectivity index (χ0n) is 47.6. The van der Waals surface area contributed by atoms with Crippen LogP contribution in [-0.4, -0.2) is 149 Å². The molecule has 10 nitrogen and oxygen atoms in total. The lowest BCUT2D eigenvalue weighted by Crippen LogP contribution is -2.46. The van der Waals surface area contributed by atoms with Crippen molar-refractivity contribution < 1.29 is 45.5 Å². The maximum absolute atomic E-state index is 6.12. The molecule has 430 valence electrons. The normalized spacial score (nSPS) is 21.5. The zero-order valence-corrected chi connectivity index (χ0v) is 57.3. The molecule has 6 atom stereocenters. The lowest BCUT2D eigenvalue weighted by molar-refractivity contribution is -0.0830. The molecule has 2 aliphatic carbocycles. The highest BCUT2D eigenvalue weighted by atomic mass is 33.1. The minimum Gasteiger partial charge on any atom is -0.374 e. The maximum atomic E-state index is 6.12. The Balaban J connectivity index is 1.92. The molecule has 0 aromatic carbocycles. The van der Waals surface area contributed by atoms with Gasteiger partial charge in [-0.25, -0.2) is 0 Å². The van der Waals surface area contributed by atoms with Crippen LogP contribution in [0.1, 0.15) is 159 Å². The van der Waals surface area contributed by atoms with E-state index in [1.807, 2.05) is 21.6 Å². The predicted octanol–water partition coefficient (Wildman–Crippen LogP) is 14.3. The van der Waals surface area contributed by atoms with Gasteiger partial charge >= 0.3 is 17.6 Å². The summed E-state index contributed by atoms with van der Waals surface area (Å²) < 4.78 is 60.5. The van der Waals surface area contributed by atoms with E-state index in [1.54, 1.807) is 0 Å². The van der Waals surface area contributed by atoms with Crippen molar-refractivity contribution in [3.05, 3.63) is 0 Å². The van der Waals surface area contributed by atoms with E-state index in [9.17, 15) is 0 Å². The topological polar surface area (TPSA) is 92.3 Å². The summed E-state index contributed by atoms with van der Waals surface area (Å²) >= 11 is 0. The van der Waals surface area contributed by atoms with Gasteiger partial charge in [-0.2, -0.15) is 0 Å². The van der Waals surface area contributed by atoms with Crippen molar-refractivity contribution >= 4 is 101 Å². The van der Waals surface area contributed by atoms with Gasteiger partial charge in [0.25, 0.3) is 0 Å². The van der Waals surface area contributed by atoms with Gasteiger partial charge in [0.05, 0.1) is 19.0 Å². The van der Waals surface area contributed by atoms with Crippen LogP contribution in [0, 0.1) is 35.5 Å². The van der Waals surface area contributed by atoms with E-state index in [0.29, 0.717) is 39.6 Å². The maximum Gasteiger partial charge on any atom is 0.500 e. The molecule has 0 aliphatic heterocycles. The molecule has 2 aliphatic rings. The van der Waals surface area contributed by atoms with Crippen LogP contribution in [0.15, 0.2) is 0 Å². The largest absolute Gasteiger partial charge is 0.500 e. The van der Waals surface area contributed by atoms with Crippen molar-refractivity contribution in [2.75, 3.05) is 101 Å². The summed E-state index contributed by atoms with van der Waals surface area (Å²) in [6.07, 6.45) is 18.8. The van der Waals surface area contributed by atoms with Gasteiger partial charge in [0.1, 0.15) is 11.8 Å². The summed E-state index contributed by atoms with van der Waals surface area (Å²) in [5, 5.41) is 0. The highest BCUT2D eigenvalue weighted by Crippen LogP contribution is 2.44. The van der Waals surface area contributed by atoms with Crippen molar-refractivity contribution in [2.45, 2.75) is 195 Å². The van der Waals surface area contributed by atoms with Crippen LogP contribution in [0.4, 0.5) is 0 Å². The summed E-state index contributed by atoms with van der Waals surface area (Å²) in [6, 6.07) is 4.50. The first kappa shape index (κ1) is 70.7. The van der Waals surface area contributed by atoms with Gasteiger partial charge in [0.15, 0.2) is 0 Å². The number of hydrogen-bond acceptors (Lipinski definition) is 16. The van der Waals surface area contributed by atoms with E-state index < -0.39 is 17.6 Å². The van der Waals surface area contributed by atoms with Gasteiger partial charge in [0.2, 0.25) is 0 Å². The van der Waals surface area contributed by atoms with Crippen molar-refractivity contribution in [1.29, 1.82) is 0 Å². The first-order valence-electron chi connectivity index (χ1n) is 29.3. The fourth-order valence-electron chi connectivity index (χ4n) is 11.0. The molecule has 0 amide bonds. The highest BCUT2D eigenvalue weighted by molar-refractivity contribution is 8.77. The van der Waals surface area contributed by atoms with Crippen LogP contribution in [0.3, 0.4) is 0 Å². The van der Waals surface area contributed by atoms with Gasteiger partial charge in [-0.1, -0.05) is 103 Å². The van der Waals surface area contributed by atoms with Crippen molar-refractivity contribution in [1.82, 2.24) is 0 Å². The smallest absolute Gasteiger partial charge is 0.374 e. The minimum absolute atomic E-state index is 0.0946. The minimum atomic E-state index is -2.56. The number of ether oxygens (including phenoxy) is 4. The number of hydrogen-bond donors (Lipinski definition) is 0. The third-order valence-electron chi connectivity index (χ3n) is 14.2. The average molecular weight is 1200 g/mol. The second kappa shape index (κ2) is 47.2. The van der Waals surface area contributed by atoms with Gasteiger partial charge in [0, 0.05) is 113 Å². The van der Waals surface area contributed by atoms with Crippen LogP contribution in [0.25, 0.3) is 0 Å². The van der Waals surface area contributed by atoms with Gasteiger partial charge in [-0.05, 0) is 169 Å². The molecule has 0 radical (unpaired) electrons. The fourth-order valence-corrected chi connectivity index (χ4v) is 27.5. The molecule has 72 heavy (non-hydrogen) atoms. The summed E-state index contributed by atoms with van der Waals surface area (Å²) in [7, 11) is 6.77. The Morgan fingerprint density at radius 3 is 0.944 bits per heavy atom. The Kier molecular flexibility index (Phi) is 46.4. The molecule has 0 N–H and O–H groups in total. The number of rotatable bonds is 51. The van der Waals surface area contributed by atoms with E-state index >= 15 is 0 Å². The van der Waals surface area contributed by atoms with E-state index in [0.717, 1.165) is 98.4 Å². The van der Waals surface area contributed by atoms with E-state index in [2.05, 4.69) is 112 Å². The Hall–Kier alpha value is 2.57. The summed E-state index contributed by atoms with van der Waals surface area (Å²) in [5.74, 6) is 12.7. The van der Waals surface area contributed by atoms with Crippen LogP contribution in [0.5, 0.6) is 0 Å². The second-order valence-electron chi connectivity index (χ2n) is 19.2. The molecule has 2 saturated carbocycles. The van der Waals surface area contributed by atoms with Gasteiger partial charge < -0.3 is 45.5 Å². The highest BCUT2D eigenvalue weighted by Gasteiger charge is 2.41. The molecular weight excluding hydrogens is 1090 g/mol. The van der Waals surface area contributed by atoms with Gasteiger partial charge in [-0.15, -0.1) is 0 Å².